The molecule has 1 aromatic carbocycles. The van der Waals surface area contributed by atoms with Crippen molar-refractivity contribution in [2.24, 2.45) is 0 Å². The fourth-order valence-electron chi connectivity index (χ4n) is 5.09. The van der Waals surface area contributed by atoms with E-state index in [1.54, 1.807) is 0 Å². The van der Waals surface area contributed by atoms with Gasteiger partial charge in [0.15, 0.2) is 5.76 Å². The van der Waals surface area contributed by atoms with Gasteiger partial charge in [0.25, 0.3) is 5.91 Å². The summed E-state index contributed by atoms with van der Waals surface area (Å²) in [4.78, 5) is 26.9. The van der Waals surface area contributed by atoms with Crippen LogP contribution in [0.25, 0.3) is 33.7 Å². The number of pyridine rings is 2. The molecule has 1 N–H and O–H groups in total. The Labute approximate surface area is 229 Å². The molecule has 0 atom stereocenters. The summed E-state index contributed by atoms with van der Waals surface area (Å²) in [6, 6.07) is 19.1. The van der Waals surface area contributed by atoms with Gasteiger partial charge in [0, 0.05) is 67.3 Å². The van der Waals surface area contributed by atoms with Crippen molar-refractivity contribution >= 4 is 11.7 Å². The third-order valence-corrected chi connectivity index (χ3v) is 7.62. The van der Waals surface area contributed by atoms with Gasteiger partial charge in [-0.15, -0.1) is 0 Å². The summed E-state index contributed by atoms with van der Waals surface area (Å²) in [6.07, 6.45) is 6.09. The zero-order valence-electron chi connectivity index (χ0n) is 22.9. The number of nitrogens with one attached hydrogen (secondary N) is 1. The fraction of sp³-hybridized carbons (Fsp3) is 0.344. The largest absolute Gasteiger partial charge is 0.460 e. The molecule has 7 nitrogen and oxygen atoms in total. The van der Waals surface area contributed by atoms with Crippen molar-refractivity contribution in [3.63, 3.8) is 0 Å². The number of anilines is 1. The Morgan fingerprint density at radius 1 is 0.897 bits per heavy atom. The van der Waals surface area contributed by atoms with Gasteiger partial charge in [-0.1, -0.05) is 12.1 Å². The van der Waals surface area contributed by atoms with Crippen LogP contribution in [0, 0.1) is 6.92 Å². The number of amides is 1. The lowest BCUT2D eigenvalue weighted by Crippen LogP contribution is -2.50. The number of piperazine rings is 1. The Morgan fingerprint density at radius 3 is 2.26 bits per heavy atom. The van der Waals surface area contributed by atoms with Crippen molar-refractivity contribution in [2.75, 3.05) is 31.5 Å². The summed E-state index contributed by atoms with van der Waals surface area (Å²) < 4.78 is 5.88. The van der Waals surface area contributed by atoms with Crippen molar-refractivity contribution in [1.82, 2.24) is 19.8 Å². The molecule has 4 heterocycles. The Bertz CT molecular complexity index is 1460. The highest BCUT2D eigenvalue weighted by molar-refractivity contribution is 5.95. The first kappa shape index (κ1) is 25.3. The maximum Gasteiger partial charge on any atom is 0.253 e. The molecule has 200 valence electrons. The van der Waals surface area contributed by atoms with Crippen molar-refractivity contribution in [2.45, 2.75) is 45.7 Å². The van der Waals surface area contributed by atoms with Crippen LogP contribution in [-0.2, 0) is 0 Å². The molecule has 0 spiro atoms. The van der Waals surface area contributed by atoms with Gasteiger partial charge in [0.2, 0.25) is 0 Å². The van der Waals surface area contributed by atoms with Gasteiger partial charge in [-0.2, -0.15) is 0 Å². The lowest BCUT2D eigenvalue weighted by Gasteiger charge is -2.37. The Morgan fingerprint density at radius 2 is 1.62 bits per heavy atom. The average Bonchev–Trinajstić information content (AvgIpc) is 3.68. The third-order valence-electron chi connectivity index (χ3n) is 7.62. The van der Waals surface area contributed by atoms with Crippen LogP contribution in [-0.4, -0.2) is 63.9 Å². The predicted molar refractivity (Wildman–Crippen MR) is 155 cm³/mol. The van der Waals surface area contributed by atoms with E-state index in [1.165, 1.54) is 12.8 Å². The number of furan rings is 1. The first-order valence-corrected chi connectivity index (χ1v) is 13.9. The first-order valence-electron chi connectivity index (χ1n) is 13.9. The van der Waals surface area contributed by atoms with Crippen LogP contribution in [0.4, 0.5) is 5.82 Å². The zero-order chi connectivity index (χ0) is 26.9. The van der Waals surface area contributed by atoms with Gasteiger partial charge < -0.3 is 14.6 Å². The molecular weight excluding hydrogens is 486 g/mol. The van der Waals surface area contributed by atoms with Crippen molar-refractivity contribution in [1.29, 1.82) is 0 Å². The monoisotopic (exact) mass is 521 g/mol. The quantitative estimate of drug-likeness (QED) is 0.316. The predicted octanol–water partition coefficient (Wildman–Crippen LogP) is 6.12. The molecule has 0 unspecified atom stereocenters. The number of hydrogen-bond acceptors (Lipinski definition) is 6. The van der Waals surface area contributed by atoms with Crippen molar-refractivity contribution < 1.29 is 9.21 Å². The molecule has 3 aromatic heterocycles. The maximum atomic E-state index is 13.1. The van der Waals surface area contributed by atoms with E-state index in [4.69, 9.17) is 9.40 Å². The molecule has 1 amide bonds. The van der Waals surface area contributed by atoms with E-state index in [0.717, 1.165) is 77.0 Å². The normalized spacial score (nSPS) is 16.1. The molecule has 2 aliphatic rings. The third kappa shape index (κ3) is 5.73. The van der Waals surface area contributed by atoms with Crippen LogP contribution in [0.5, 0.6) is 0 Å². The number of aryl methyl sites for hydroxylation is 1. The Balaban J connectivity index is 1.23. The molecule has 7 heteroatoms. The fourth-order valence-corrected chi connectivity index (χ4v) is 5.09. The lowest BCUT2D eigenvalue weighted by atomic mass is 10.0. The molecule has 1 saturated heterocycles. The Kier molecular flexibility index (Phi) is 6.92. The number of benzene rings is 1. The van der Waals surface area contributed by atoms with Crippen LogP contribution in [0.15, 0.2) is 71.4 Å². The summed E-state index contributed by atoms with van der Waals surface area (Å²) in [7, 11) is 0. The van der Waals surface area contributed by atoms with Crippen LogP contribution >= 0.6 is 0 Å². The molecule has 39 heavy (non-hydrogen) atoms. The number of aromatic nitrogens is 2. The molecule has 0 radical (unpaired) electrons. The van der Waals surface area contributed by atoms with Crippen LogP contribution < -0.4 is 5.32 Å². The number of rotatable bonds is 7. The zero-order valence-corrected chi connectivity index (χ0v) is 22.9. The minimum absolute atomic E-state index is 0.102. The first-order chi connectivity index (χ1) is 18.9. The molecule has 1 aliphatic carbocycles. The summed E-state index contributed by atoms with van der Waals surface area (Å²) >= 11 is 0. The van der Waals surface area contributed by atoms with E-state index in [1.807, 2.05) is 60.6 Å². The summed E-state index contributed by atoms with van der Waals surface area (Å²) in [6.45, 7) is 9.74. The molecule has 0 bridgehead atoms. The van der Waals surface area contributed by atoms with E-state index in [0.29, 0.717) is 12.1 Å². The highest BCUT2D eigenvalue weighted by atomic mass is 16.3. The Hall–Kier alpha value is -3.97. The number of hydrogen-bond donors (Lipinski definition) is 1. The molecule has 1 aliphatic heterocycles. The molecule has 6 rings (SSSR count). The second kappa shape index (κ2) is 10.7. The minimum atomic E-state index is 0.102. The molecular formula is C32H35N5O2. The SMILES string of the molecule is Cc1ccc(-c2cc(-c3cncc(-c4ccc(C(=O)N5CCN(C(C)C)CC5)cc4)c3)cc(NC3CC3)n2)o1. The highest BCUT2D eigenvalue weighted by Crippen LogP contribution is 2.33. The van der Waals surface area contributed by atoms with Gasteiger partial charge in [-0.05, 0) is 87.2 Å². The average molecular weight is 522 g/mol. The number of carbonyl (C=O) groups is 1. The van der Waals surface area contributed by atoms with Gasteiger partial charge in [-0.3, -0.25) is 14.7 Å². The number of carbonyl (C=O) groups excluding carboxylic acids is 1. The van der Waals surface area contributed by atoms with Crippen LogP contribution in [0.2, 0.25) is 0 Å². The lowest BCUT2D eigenvalue weighted by molar-refractivity contribution is 0.0595. The van der Waals surface area contributed by atoms with Gasteiger partial charge in [-0.25, -0.2) is 4.98 Å². The van der Waals surface area contributed by atoms with Crippen molar-refractivity contribution in [3.05, 3.63) is 78.3 Å². The van der Waals surface area contributed by atoms with Crippen molar-refractivity contribution in [3.8, 4) is 33.7 Å². The summed E-state index contributed by atoms with van der Waals surface area (Å²) in [5, 5.41) is 3.53. The molecule has 2 fully saturated rings. The molecule has 1 saturated carbocycles. The minimum Gasteiger partial charge on any atom is -0.460 e. The van der Waals surface area contributed by atoms with Gasteiger partial charge in [0.1, 0.15) is 17.3 Å². The second-order valence-corrected chi connectivity index (χ2v) is 10.9. The number of nitrogens with zero attached hydrogens (tertiary/aromatic N) is 4. The van der Waals surface area contributed by atoms with Crippen LogP contribution in [0.3, 0.4) is 0 Å². The molecule has 4 aromatic rings. The maximum absolute atomic E-state index is 13.1. The van der Waals surface area contributed by atoms with E-state index in [2.05, 4.69) is 47.2 Å². The summed E-state index contributed by atoms with van der Waals surface area (Å²) in [5.74, 6) is 2.56. The summed E-state index contributed by atoms with van der Waals surface area (Å²) in [5.41, 5.74) is 5.58. The van der Waals surface area contributed by atoms with E-state index < -0.39 is 0 Å². The van der Waals surface area contributed by atoms with E-state index >= 15 is 0 Å². The van der Waals surface area contributed by atoms with E-state index in [9.17, 15) is 4.79 Å². The van der Waals surface area contributed by atoms with E-state index in [-0.39, 0.29) is 5.91 Å². The van der Waals surface area contributed by atoms with Crippen LogP contribution in [0.1, 0.15) is 42.8 Å². The standard InChI is InChI=1S/C32H35N5O2/c1-21(2)36-12-14-37(15-13-36)32(38)24-7-5-23(6-8-24)26-16-27(20-33-19-26)25-17-29(30-11-4-22(3)39-30)35-31(18-25)34-28-9-10-28/h4-8,11,16-21,28H,9-10,12-15H2,1-3H3,(H,34,35). The smallest absolute Gasteiger partial charge is 0.253 e. The van der Waals surface area contributed by atoms with Gasteiger partial charge in [0.05, 0.1) is 0 Å². The highest BCUT2D eigenvalue weighted by Gasteiger charge is 2.24. The second-order valence-electron chi connectivity index (χ2n) is 10.9. The van der Waals surface area contributed by atoms with Gasteiger partial charge >= 0.3 is 0 Å². The topological polar surface area (TPSA) is 74.5 Å².